The number of nitrogens with zero attached hydrogens (tertiary/aromatic N) is 3. The number of aromatic nitrogens is 1. The minimum Gasteiger partial charge on any atom is -0.502 e. The van der Waals surface area contributed by atoms with Crippen LogP contribution >= 0.6 is 15.9 Å². The van der Waals surface area contributed by atoms with Crippen LogP contribution in [0.2, 0.25) is 0 Å². The molecular weight excluding hydrogens is 438 g/mol. The number of halogens is 1. The minimum absolute atomic E-state index is 0.228. The zero-order valence-corrected chi connectivity index (χ0v) is 16.8. The Kier molecular flexibility index (Phi) is 4.85. The fraction of sp³-hybridized carbons (Fsp3) is 0.0476. The van der Waals surface area contributed by atoms with Gasteiger partial charge < -0.3 is 9.52 Å². The highest BCUT2D eigenvalue weighted by molar-refractivity contribution is 9.10. The molecule has 29 heavy (non-hydrogen) atoms. The van der Waals surface area contributed by atoms with Crippen molar-refractivity contribution in [1.82, 2.24) is 4.98 Å². The molecule has 0 saturated carbocycles. The van der Waals surface area contributed by atoms with Crippen LogP contribution in [0.25, 0.3) is 22.6 Å². The van der Waals surface area contributed by atoms with Crippen molar-refractivity contribution < 1.29 is 14.4 Å². The highest BCUT2D eigenvalue weighted by Crippen LogP contribution is 2.33. The normalized spacial score (nSPS) is 11.4. The third kappa shape index (κ3) is 3.88. The molecule has 0 bridgehead atoms. The summed E-state index contributed by atoms with van der Waals surface area (Å²) in [5, 5.41) is 21.2. The molecule has 7 nitrogen and oxygen atoms in total. The molecule has 0 aliphatic heterocycles. The van der Waals surface area contributed by atoms with E-state index in [0.717, 1.165) is 11.1 Å². The number of aliphatic imine (C=N–C) groups is 1. The Morgan fingerprint density at radius 3 is 2.79 bits per heavy atom. The first kappa shape index (κ1) is 18.8. The van der Waals surface area contributed by atoms with Crippen LogP contribution in [0.1, 0.15) is 11.1 Å². The molecule has 0 radical (unpaired) electrons. The van der Waals surface area contributed by atoms with E-state index < -0.39 is 16.4 Å². The lowest BCUT2D eigenvalue weighted by Crippen LogP contribution is -1.92. The first-order valence-electron chi connectivity index (χ1n) is 8.59. The summed E-state index contributed by atoms with van der Waals surface area (Å²) in [4.78, 5) is 19.2. The molecule has 1 aromatic heterocycles. The van der Waals surface area contributed by atoms with Gasteiger partial charge in [-0.25, -0.2) is 4.98 Å². The summed E-state index contributed by atoms with van der Waals surface area (Å²) in [6, 6.07) is 15.9. The first-order chi connectivity index (χ1) is 13.9. The van der Waals surface area contributed by atoms with E-state index in [2.05, 4.69) is 25.9 Å². The van der Waals surface area contributed by atoms with Crippen LogP contribution in [0, 0.1) is 17.0 Å². The number of aromatic hydroxyl groups is 1. The number of aryl methyl sites for hydroxylation is 1. The molecule has 3 aromatic carbocycles. The Labute approximate surface area is 173 Å². The molecule has 0 spiro atoms. The molecule has 8 heteroatoms. The second-order valence-corrected chi connectivity index (χ2v) is 7.33. The predicted molar refractivity (Wildman–Crippen MR) is 114 cm³/mol. The summed E-state index contributed by atoms with van der Waals surface area (Å²) >= 11 is 3.20. The van der Waals surface area contributed by atoms with Gasteiger partial charge in [0.1, 0.15) is 5.52 Å². The van der Waals surface area contributed by atoms with Crippen molar-refractivity contribution in [1.29, 1.82) is 0 Å². The number of oxazole rings is 1. The van der Waals surface area contributed by atoms with E-state index in [9.17, 15) is 15.2 Å². The maximum Gasteiger partial charge on any atom is 0.312 e. The van der Waals surface area contributed by atoms with Gasteiger partial charge in [0, 0.05) is 27.9 Å². The van der Waals surface area contributed by atoms with Gasteiger partial charge in [-0.15, -0.1) is 0 Å². The van der Waals surface area contributed by atoms with Gasteiger partial charge >= 0.3 is 5.69 Å². The molecule has 1 N–H and O–H groups in total. The molecule has 4 rings (SSSR count). The second-order valence-electron chi connectivity index (χ2n) is 6.42. The van der Waals surface area contributed by atoms with E-state index in [0.29, 0.717) is 27.2 Å². The minimum atomic E-state index is -0.647. The molecule has 0 aliphatic carbocycles. The van der Waals surface area contributed by atoms with E-state index in [1.165, 1.54) is 12.3 Å². The largest absolute Gasteiger partial charge is 0.502 e. The van der Waals surface area contributed by atoms with Crippen molar-refractivity contribution in [2.45, 2.75) is 6.92 Å². The number of fused-ring (bicyclic) bond motifs is 1. The number of hydrogen-bond acceptors (Lipinski definition) is 6. The van der Waals surface area contributed by atoms with Crippen LogP contribution in [0.3, 0.4) is 0 Å². The molecule has 144 valence electrons. The number of phenolic OH excluding ortho intramolecular Hbond substituents is 1. The quantitative estimate of drug-likeness (QED) is 0.235. The fourth-order valence-corrected chi connectivity index (χ4v) is 3.35. The van der Waals surface area contributed by atoms with Crippen molar-refractivity contribution in [3.63, 3.8) is 0 Å². The predicted octanol–water partition coefficient (Wildman–Crippen LogP) is 5.93. The molecule has 0 saturated heterocycles. The number of nitro groups is 1. The molecule has 0 amide bonds. The summed E-state index contributed by atoms with van der Waals surface area (Å²) < 4.78 is 6.29. The number of hydrogen-bond donors (Lipinski definition) is 1. The lowest BCUT2D eigenvalue weighted by atomic mass is 10.1. The average Bonchev–Trinajstić information content (AvgIpc) is 3.11. The van der Waals surface area contributed by atoms with Crippen LogP contribution in [-0.2, 0) is 0 Å². The molecule has 1 heterocycles. The molecule has 0 unspecified atom stereocenters. The Morgan fingerprint density at radius 1 is 1.21 bits per heavy atom. The van der Waals surface area contributed by atoms with Gasteiger partial charge in [0.15, 0.2) is 5.58 Å². The van der Waals surface area contributed by atoms with Crippen molar-refractivity contribution >= 4 is 44.6 Å². The van der Waals surface area contributed by atoms with Gasteiger partial charge in [0.25, 0.3) is 0 Å². The van der Waals surface area contributed by atoms with Gasteiger partial charge in [-0.05, 0) is 43.3 Å². The summed E-state index contributed by atoms with van der Waals surface area (Å²) in [5.41, 5.74) is 3.67. The Balaban J connectivity index is 1.68. The van der Waals surface area contributed by atoms with Gasteiger partial charge in [0.2, 0.25) is 11.6 Å². The number of rotatable bonds is 4. The Hall–Kier alpha value is -3.52. The molecule has 4 aromatic rings. The Morgan fingerprint density at radius 2 is 2.03 bits per heavy atom. The number of nitro benzene ring substituents is 1. The van der Waals surface area contributed by atoms with Crippen molar-refractivity contribution in [2.75, 3.05) is 0 Å². The van der Waals surface area contributed by atoms with Crippen molar-refractivity contribution in [2.24, 2.45) is 4.99 Å². The molecule has 0 atom stereocenters. The third-order valence-electron chi connectivity index (χ3n) is 4.27. The molecular formula is C21H14BrN3O4. The highest BCUT2D eigenvalue weighted by Gasteiger charge is 2.17. The van der Waals surface area contributed by atoms with E-state index in [4.69, 9.17) is 4.42 Å². The summed E-state index contributed by atoms with van der Waals surface area (Å²) in [7, 11) is 0. The zero-order valence-electron chi connectivity index (χ0n) is 15.2. The van der Waals surface area contributed by atoms with Crippen molar-refractivity contribution in [3.8, 4) is 17.2 Å². The van der Waals surface area contributed by atoms with Gasteiger partial charge in [0.05, 0.1) is 10.6 Å². The summed E-state index contributed by atoms with van der Waals surface area (Å²) in [6.45, 7) is 2.00. The summed E-state index contributed by atoms with van der Waals surface area (Å²) in [6.07, 6.45) is 1.37. The van der Waals surface area contributed by atoms with Crippen molar-refractivity contribution in [3.05, 3.63) is 80.3 Å². The van der Waals surface area contributed by atoms with Gasteiger partial charge in [-0.1, -0.05) is 33.6 Å². The van der Waals surface area contributed by atoms with Crippen LogP contribution in [0.5, 0.6) is 5.75 Å². The van der Waals surface area contributed by atoms with Crippen LogP contribution in [0.15, 0.2) is 68.5 Å². The standard InChI is InChI=1S/C21H14BrN3O4/c1-12-3-2-4-13(7-12)21-24-17-10-16(5-6-19(17)29-21)23-11-14-8-15(22)9-18(20(14)26)25(27)28/h2-11,26H,1H3. The fourth-order valence-electron chi connectivity index (χ4n) is 2.88. The van der Waals surface area contributed by atoms with Gasteiger partial charge in [-0.2, -0.15) is 0 Å². The Bertz CT molecular complexity index is 1280. The highest BCUT2D eigenvalue weighted by atomic mass is 79.9. The molecule has 0 aliphatic rings. The SMILES string of the molecule is Cc1cccc(-c2nc3cc(N=Cc4cc(Br)cc([N+](=O)[O-])c4O)ccc3o2)c1. The number of benzene rings is 3. The van der Waals surface area contributed by atoms with E-state index in [1.54, 1.807) is 24.3 Å². The lowest BCUT2D eigenvalue weighted by Gasteiger charge is -2.01. The van der Waals surface area contributed by atoms with Gasteiger partial charge in [-0.3, -0.25) is 15.1 Å². The topological polar surface area (TPSA) is 102 Å². The third-order valence-corrected chi connectivity index (χ3v) is 4.73. The van der Waals surface area contributed by atoms with E-state index in [-0.39, 0.29) is 5.56 Å². The zero-order chi connectivity index (χ0) is 20.5. The first-order valence-corrected chi connectivity index (χ1v) is 9.38. The van der Waals surface area contributed by atoms with E-state index >= 15 is 0 Å². The monoisotopic (exact) mass is 451 g/mol. The summed E-state index contributed by atoms with van der Waals surface area (Å²) in [5.74, 6) is 0.0799. The number of phenols is 1. The molecule has 0 fully saturated rings. The average molecular weight is 452 g/mol. The maximum absolute atomic E-state index is 11.0. The van der Waals surface area contributed by atoms with E-state index in [1.807, 2.05) is 31.2 Å². The smallest absolute Gasteiger partial charge is 0.312 e. The lowest BCUT2D eigenvalue weighted by molar-refractivity contribution is -0.385. The second kappa shape index (κ2) is 7.48. The van der Waals surface area contributed by atoms with Crippen LogP contribution < -0.4 is 0 Å². The van der Waals surface area contributed by atoms with Crippen LogP contribution in [0.4, 0.5) is 11.4 Å². The maximum atomic E-state index is 11.0. The van der Waals surface area contributed by atoms with Crippen LogP contribution in [-0.4, -0.2) is 21.2 Å².